The van der Waals surface area contributed by atoms with E-state index < -0.39 is 14.9 Å². The second kappa shape index (κ2) is 7.15. The molecule has 0 saturated carbocycles. The molecular weight excluding hydrogens is 341 g/mol. The van der Waals surface area contributed by atoms with Gasteiger partial charge in [-0.3, -0.25) is 14.9 Å². The molecule has 1 atom stereocenters. The van der Waals surface area contributed by atoms with Crippen molar-refractivity contribution >= 4 is 52.1 Å². The smallest absolute Gasteiger partial charge is 0.271 e. The van der Waals surface area contributed by atoms with Crippen LogP contribution in [0.1, 0.15) is 13.8 Å². The summed E-state index contributed by atoms with van der Waals surface area (Å²) in [6.45, 7) is 3.39. The van der Waals surface area contributed by atoms with Crippen molar-refractivity contribution in [2.75, 3.05) is 5.32 Å². The van der Waals surface area contributed by atoms with Crippen molar-refractivity contribution in [2.45, 2.75) is 23.8 Å². The molecule has 0 aliphatic heterocycles. The molecule has 0 aliphatic rings. The van der Waals surface area contributed by atoms with Crippen LogP contribution in [-0.4, -0.2) is 20.8 Å². The Kier molecular flexibility index (Phi) is 6.07. The number of alkyl halides is 3. The second-order valence-corrected chi connectivity index (χ2v) is 6.96. The summed E-state index contributed by atoms with van der Waals surface area (Å²) in [5.41, 5.74) is 0.239. The number of nitrogens with one attached hydrogen (secondary N) is 2. The Morgan fingerprint density at radius 2 is 1.95 bits per heavy atom. The fourth-order valence-electron chi connectivity index (χ4n) is 1.38. The van der Waals surface area contributed by atoms with Gasteiger partial charge in [-0.1, -0.05) is 54.7 Å². The number of carbonyl (C=O) groups excluding carboxylic acids is 1. The third kappa shape index (κ3) is 5.57. The average Bonchev–Trinajstić information content (AvgIpc) is 2.36. The van der Waals surface area contributed by atoms with Gasteiger partial charge in [0.15, 0.2) is 0 Å². The first-order valence-corrected chi connectivity index (χ1v) is 7.12. The van der Waals surface area contributed by atoms with Crippen LogP contribution in [-0.2, 0) is 4.79 Å². The van der Waals surface area contributed by atoms with Crippen molar-refractivity contribution in [1.29, 1.82) is 0 Å². The van der Waals surface area contributed by atoms with E-state index in [9.17, 15) is 14.9 Å². The highest BCUT2D eigenvalue weighted by Crippen LogP contribution is 2.31. The van der Waals surface area contributed by atoms with Gasteiger partial charge in [0.25, 0.3) is 5.69 Å². The summed E-state index contributed by atoms with van der Waals surface area (Å²) in [6, 6.07) is 5.67. The first-order chi connectivity index (χ1) is 9.61. The van der Waals surface area contributed by atoms with Crippen LogP contribution < -0.4 is 10.6 Å². The number of nitro benzene ring substituents is 1. The van der Waals surface area contributed by atoms with Crippen LogP contribution in [0.5, 0.6) is 0 Å². The number of nitro groups is 1. The predicted molar refractivity (Wildman–Crippen MR) is 83.8 cm³/mol. The Morgan fingerprint density at radius 3 is 2.43 bits per heavy atom. The van der Waals surface area contributed by atoms with Gasteiger partial charge in [0.05, 0.1) is 4.92 Å². The van der Waals surface area contributed by atoms with Crippen LogP contribution in [0.25, 0.3) is 0 Å². The van der Waals surface area contributed by atoms with Gasteiger partial charge in [-0.15, -0.1) is 0 Å². The van der Waals surface area contributed by atoms with E-state index in [1.165, 1.54) is 18.2 Å². The van der Waals surface area contributed by atoms with Crippen molar-refractivity contribution in [3.05, 3.63) is 34.4 Å². The number of non-ortho nitro benzene ring substituents is 1. The number of hydrogen-bond donors (Lipinski definition) is 2. The van der Waals surface area contributed by atoms with Gasteiger partial charge in [0.1, 0.15) is 6.17 Å². The molecule has 0 fully saturated rings. The summed E-state index contributed by atoms with van der Waals surface area (Å²) in [7, 11) is 0. The van der Waals surface area contributed by atoms with Crippen molar-refractivity contribution in [3.8, 4) is 0 Å². The summed E-state index contributed by atoms with van der Waals surface area (Å²) < 4.78 is -1.82. The lowest BCUT2D eigenvalue weighted by atomic mass is 10.2. The molecule has 1 aromatic rings. The standard InChI is InChI=1S/C12H14Cl3N3O3/c1-7(2)10(19)17-11(12(13,14)15)16-8-4-3-5-9(6-8)18(20)21/h3-7,11,16H,1-2H3,(H,17,19)/t11-/m0/s1. The number of halogens is 3. The largest absolute Gasteiger partial charge is 0.362 e. The minimum atomic E-state index is -1.82. The van der Waals surface area contributed by atoms with E-state index in [0.29, 0.717) is 5.69 Å². The average molecular weight is 355 g/mol. The van der Waals surface area contributed by atoms with Crippen LogP contribution in [0.4, 0.5) is 11.4 Å². The number of benzene rings is 1. The molecule has 116 valence electrons. The highest BCUT2D eigenvalue weighted by atomic mass is 35.6. The minimum absolute atomic E-state index is 0.113. The van der Waals surface area contributed by atoms with Gasteiger partial charge in [-0.2, -0.15) is 0 Å². The van der Waals surface area contributed by atoms with E-state index in [1.54, 1.807) is 19.9 Å². The Bertz CT molecular complexity index is 532. The molecule has 0 aromatic heterocycles. The molecule has 21 heavy (non-hydrogen) atoms. The molecule has 2 N–H and O–H groups in total. The second-order valence-electron chi connectivity index (χ2n) is 4.59. The summed E-state index contributed by atoms with van der Waals surface area (Å²) in [4.78, 5) is 21.9. The lowest BCUT2D eigenvalue weighted by Crippen LogP contribution is -2.50. The van der Waals surface area contributed by atoms with E-state index in [2.05, 4.69) is 10.6 Å². The quantitative estimate of drug-likeness (QED) is 0.367. The number of nitrogens with zero attached hydrogens (tertiary/aromatic N) is 1. The summed E-state index contributed by atoms with van der Waals surface area (Å²) >= 11 is 17.5. The molecular formula is C12H14Cl3N3O3. The fourth-order valence-corrected chi connectivity index (χ4v) is 1.71. The third-order valence-corrected chi connectivity index (χ3v) is 3.16. The maximum absolute atomic E-state index is 11.7. The van der Waals surface area contributed by atoms with E-state index in [-0.39, 0.29) is 17.5 Å². The van der Waals surface area contributed by atoms with Crippen LogP contribution in [0.15, 0.2) is 24.3 Å². The van der Waals surface area contributed by atoms with Crippen LogP contribution in [0, 0.1) is 16.0 Å². The van der Waals surface area contributed by atoms with E-state index >= 15 is 0 Å². The lowest BCUT2D eigenvalue weighted by Gasteiger charge is -2.28. The monoisotopic (exact) mass is 353 g/mol. The minimum Gasteiger partial charge on any atom is -0.362 e. The normalized spacial score (nSPS) is 12.9. The van der Waals surface area contributed by atoms with Gasteiger partial charge >= 0.3 is 0 Å². The third-order valence-electron chi connectivity index (χ3n) is 2.51. The Morgan fingerprint density at radius 1 is 1.33 bits per heavy atom. The van der Waals surface area contributed by atoms with Crippen LogP contribution in [0.2, 0.25) is 0 Å². The van der Waals surface area contributed by atoms with Gasteiger partial charge in [-0.05, 0) is 6.07 Å². The van der Waals surface area contributed by atoms with Gasteiger partial charge < -0.3 is 10.6 Å². The fraction of sp³-hybridized carbons (Fsp3) is 0.417. The molecule has 0 bridgehead atoms. The van der Waals surface area contributed by atoms with E-state index in [1.807, 2.05) is 0 Å². The summed E-state index contributed by atoms with van der Waals surface area (Å²) in [5, 5.41) is 16.0. The van der Waals surface area contributed by atoms with Gasteiger partial charge in [0.2, 0.25) is 9.70 Å². The molecule has 0 heterocycles. The number of hydrogen-bond acceptors (Lipinski definition) is 4. The van der Waals surface area contributed by atoms with E-state index in [4.69, 9.17) is 34.8 Å². The van der Waals surface area contributed by atoms with E-state index in [0.717, 1.165) is 0 Å². The van der Waals surface area contributed by atoms with Crippen molar-refractivity contribution in [3.63, 3.8) is 0 Å². The maximum atomic E-state index is 11.7. The predicted octanol–water partition coefficient (Wildman–Crippen LogP) is 3.48. The van der Waals surface area contributed by atoms with Crippen LogP contribution in [0.3, 0.4) is 0 Å². The zero-order valence-electron chi connectivity index (χ0n) is 11.3. The van der Waals surface area contributed by atoms with Gasteiger partial charge in [-0.25, -0.2) is 0 Å². The summed E-state index contributed by atoms with van der Waals surface area (Å²) in [5.74, 6) is -0.615. The highest BCUT2D eigenvalue weighted by Gasteiger charge is 2.34. The Hall–Kier alpha value is -1.24. The Balaban J connectivity index is 2.94. The maximum Gasteiger partial charge on any atom is 0.271 e. The first-order valence-electron chi connectivity index (χ1n) is 5.99. The SMILES string of the molecule is CC(C)C(=O)N[C@H](Nc1cccc([N+](=O)[O-])c1)C(Cl)(Cl)Cl. The van der Waals surface area contributed by atoms with Gasteiger partial charge in [0, 0.05) is 23.7 Å². The molecule has 0 saturated heterocycles. The molecule has 0 aliphatic carbocycles. The molecule has 0 unspecified atom stereocenters. The molecule has 1 aromatic carbocycles. The number of anilines is 1. The highest BCUT2D eigenvalue weighted by molar-refractivity contribution is 6.68. The lowest BCUT2D eigenvalue weighted by molar-refractivity contribution is -0.384. The Labute approximate surface area is 136 Å². The van der Waals surface area contributed by atoms with Crippen molar-refractivity contribution < 1.29 is 9.72 Å². The number of carbonyl (C=O) groups is 1. The summed E-state index contributed by atoms with van der Waals surface area (Å²) in [6.07, 6.45) is -1.03. The molecule has 0 radical (unpaired) electrons. The first kappa shape index (κ1) is 17.8. The zero-order chi connectivity index (χ0) is 16.2. The molecule has 0 spiro atoms. The molecule has 9 heteroatoms. The topological polar surface area (TPSA) is 84.3 Å². The molecule has 1 rings (SSSR count). The molecule has 1 amide bonds. The number of rotatable bonds is 5. The van der Waals surface area contributed by atoms with Crippen LogP contribution >= 0.6 is 34.8 Å². The molecule has 6 nitrogen and oxygen atoms in total. The van der Waals surface area contributed by atoms with Crippen molar-refractivity contribution in [2.24, 2.45) is 5.92 Å². The zero-order valence-corrected chi connectivity index (χ0v) is 13.5. The number of amides is 1. The van der Waals surface area contributed by atoms with Crippen molar-refractivity contribution in [1.82, 2.24) is 5.32 Å².